The van der Waals surface area contributed by atoms with Gasteiger partial charge in [0.1, 0.15) is 11.4 Å². The van der Waals surface area contributed by atoms with E-state index in [9.17, 15) is 14.0 Å². The van der Waals surface area contributed by atoms with Gasteiger partial charge in [0.05, 0.1) is 11.4 Å². The number of amides is 2. The summed E-state index contributed by atoms with van der Waals surface area (Å²) in [6, 6.07) is 11.6. The van der Waals surface area contributed by atoms with Crippen molar-refractivity contribution in [2.45, 2.75) is 39.5 Å². The number of carbonyl (C=O) groups excluding carboxylic acids is 2. The van der Waals surface area contributed by atoms with Crippen LogP contribution in [0, 0.1) is 12.7 Å². The first-order valence-corrected chi connectivity index (χ1v) is 8.89. The van der Waals surface area contributed by atoms with Crippen LogP contribution in [-0.2, 0) is 9.53 Å². The maximum Gasteiger partial charge on any atom is 0.409 e. The van der Waals surface area contributed by atoms with E-state index in [0.717, 1.165) is 5.56 Å². The maximum absolute atomic E-state index is 14.5. The number of nitrogens with one attached hydrogen (secondary N) is 2. The van der Waals surface area contributed by atoms with Crippen LogP contribution in [0.5, 0.6) is 0 Å². The largest absolute Gasteiger partial charge is 0.444 e. The van der Waals surface area contributed by atoms with Gasteiger partial charge < -0.3 is 10.1 Å². The second kappa shape index (κ2) is 7.42. The molecule has 0 saturated carbocycles. The third-order valence-corrected chi connectivity index (χ3v) is 4.07. The van der Waals surface area contributed by atoms with Crippen molar-refractivity contribution in [2.75, 3.05) is 5.32 Å². The molecule has 0 fully saturated rings. The molecule has 146 valence electrons. The molecule has 0 saturated heterocycles. The number of fused-ring (bicyclic) bond motifs is 1. The monoisotopic (exact) mass is 383 g/mol. The normalized spacial score (nSPS) is 16.4. The molecule has 1 atom stereocenters. The highest BCUT2D eigenvalue weighted by Crippen LogP contribution is 2.28. The van der Waals surface area contributed by atoms with Crippen LogP contribution in [0.15, 0.2) is 47.5 Å². The molecule has 1 aliphatic heterocycles. The summed E-state index contributed by atoms with van der Waals surface area (Å²) in [4.78, 5) is 29.3. The molecule has 2 aromatic carbocycles. The Morgan fingerprint density at radius 3 is 2.50 bits per heavy atom. The molecule has 7 heteroatoms. The van der Waals surface area contributed by atoms with E-state index in [1.165, 1.54) is 6.07 Å². The molecule has 2 amide bonds. The van der Waals surface area contributed by atoms with E-state index in [-0.39, 0.29) is 11.3 Å². The number of hydrogen-bond acceptors (Lipinski definition) is 4. The average molecular weight is 383 g/mol. The summed E-state index contributed by atoms with van der Waals surface area (Å²) in [5.74, 6) is -1.01. The van der Waals surface area contributed by atoms with Crippen LogP contribution in [0.1, 0.15) is 37.5 Å². The summed E-state index contributed by atoms with van der Waals surface area (Å²) in [7, 11) is 0. The molecule has 1 aliphatic rings. The van der Waals surface area contributed by atoms with Crippen molar-refractivity contribution < 1.29 is 18.7 Å². The lowest BCUT2D eigenvalue weighted by atomic mass is 9.98. The van der Waals surface area contributed by atoms with Gasteiger partial charge in [-0.2, -0.15) is 0 Å². The van der Waals surface area contributed by atoms with Gasteiger partial charge in [0.25, 0.3) is 5.91 Å². The highest BCUT2D eigenvalue weighted by molar-refractivity contribution is 6.20. The number of alkyl carbamates (subject to hydrolysis) is 1. The quantitative estimate of drug-likeness (QED) is 0.828. The Labute approximate surface area is 162 Å². The first kappa shape index (κ1) is 19.5. The lowest BCUT2D eigenvalue weighted by molar-refractivity contribution is -0.118. The van der Waals surface area contributed by atoms with Crippen LogP contribution in [0.2, 0.25) is 0 Å². The minimum Gasteiger partial charge on any atom is -0.444 e. The lowest BCUT2D eigenvalue weighted by Crippen LogP contribution is -2.44. The number of para-hydroxylation sites is 1. The number of carbonyl (C=O) groups is 2. The minimum atomic E-state index is -1.27. The number of rotatable bonds is 2. The molecule has 0 bridgehead atoms. The second-order valence-electron chi connectivity index (χ2n) is 7.49. The Morgan fingerprint density at radius 1 is 1.14 bits per heavy atom. The molecule has 3 rings (SSSR count). The Kier molecular flexibility index (Phi) is 5.18. The van der Waals surface area contributed by atoms with Crippen LogP contribution in [-0.4, -0.2) is 29.5 Å². The zero-order chi connectivity index (χ0) is 20.5. The van der Waals surface area contributed by atoms with Crippen molar-refractivity contribution in [1.29, 1.82) is 0 Å². The molecule has 28 heavy (non-hydrogen) atoms. The maximum atomic E-state index is 14.5. The van der Waals surface area contributed by atoms with E-state index >= 15 is 0 Å². The number of aryl methyl sites for hydroxylation is 1. The predicted molar refractivity (Wildman–Crippen MR) is 105 cm³/mol. The number of aliphatic imine (C=N–C) groups is 1. The highest BCUT2D eigenvalue weighted by Gasteiger charge is 2.30. The van der Waals surface area contributed by atoms with Crippen LogP contribution >= 0.6 is 0 Å². The number of ether oxygens (including phenoxy) is 1. The lowest BCUT2D eigenvalue weighted by Gasteiger charge is -2.21. The Bertz CT molecular complexity index is 964. The van der Waals surface area contributed by atoms with Gasteiger partial charge in [-0.05, 0) is 45.4 Å². The number of nitrogens with zero attached hydrogens (tertiary/aromatic N) is 1. The van der Waals surface area contributed by atoms with E-state index < -0.39 is 29.6 Å². The van der Waals surface area contributed by atoms with Crippen molar-refractivity contribution in [2.24, 2.45) is 4.99 Å². The first-order chi connectivity index (χ1) is 13.2. The standard InChI is InChI=1S/C21H22FN3O3/c1-12-8-7-10-14-16(12)24-19(26)18(25-20(27)28-21(2,3)4)23-17(14)13-9-5-6-11-15(13)22/h5-11,18H,1-4H3,(H,24,26)(H,25,27)/t18-/m1/s1. The van der Waals surface area contributed by atoms with Gasteiger partial charge in [-0.25, -0.2) is 14.2 Å². The van der Waals surface area contributed by atoms with Crippen molar-refractivity contribution >= 4 is 23.4 Å². The third kappa shape index (κ3) is 4.19. The molecule has 0 aliphatic carbocycles. The van der Waals surface area contributed by atoms with E-state index in [0.29, 0.717) is 11.3 Å². The van der Waals surface area contributed by atoms with Crippen molar-refractivity contribution in [3.8, 4) is 0 Å². The van der Waals surface area contributed by atoms with E-state index in [1.54, 1.807) is 51.1 Å². The molecule has 0 aromatic heterocycles. The molecular formula is C21H22FN3O3. The van der Waals surface area contributed by atoms with Crippen LogP contribution < -0.4 is 10.6 Å². The molecule has 0 unspecified atom stereocenters. The molecule has 0 spiro atoms. The van der Waals surface area contributed by atoms with Crippen LogP contribution in [0.4, 0.5) is 14.9 Å². The smallest absolute Gasteiger partial charge is 0.409 e. The van der Waals surface area contributed by atoms with E-state index in [1.807, 2.05) is 13.0 Å². The predicted octanol–water partition coefficient (Wildman–Crippen LogP) is 3.77. The number of benzene rings is 2. The Morgan fingerprint density at radius 2 is 1.82 bits per heavy atom. The minimum absolute atomic E-state index is 0.238. The molecule has 6 nitrogen and oxygen atoms in total. The van der Waals surface area contributed by atoms with Gasteiger partial charge in [0.15, 0.2) is 0 Å². The van der Waals surface area contributed by atoms with Crippen molar-refractivity contribution in [3.63, 3.8) is 0 Å². The Hall–Kier alpha value is -3.22. The zero-order valence-corrected chi connectivity index (χ0v) is 16.2. The fourth-order valence-corrected chi connectivity index (χ4v) is 2.86. The SMILES string of the molecule is Cc1cccc2c1NC(=O)[C@@H](NC(=O)OC(C)(C)C)N=C2c1ccccc1F. The molecule has 2 aromatic rings. The molecule has 1 heterocycles. The van der Waals surface area contributed by atoms with Gasteiger partial charge in [-0.15, -0.1) is 0 Å². The fourth-order valence-electron chi connectivity index (χ4n) is 2.86. The number of benzodiazepines with no additional fused rings is 1. The second-order valence-corrected chi connectivity index (χ2v) is 7.49. The van der Waals surface area contributed by atoms with Gasteiger partial charge in [-0.3, -0.25) is 10.1 Å². The van der Waals surface area contributed by atoms with E-state index in [2.05, 4.69) is 15.6 Å². The summed E-state index contributed by atoms with van der Waals surface area (Å²) in [5.41, 5.74) is 1.68. The van der Waals surface area contributed by atoms with E-state index in [4.69, 9.17) is 4.74 Å². The van der Waals surface area contributed by atoms with Crippen molar-refractivity contribution in [3.05, 3.63) is 65.0 Å². The number of halogens is 1. The fraction of sp³-hybridized carbons (Fsp3) is 0.286. The summed E-state index contributed by atoms with van der Waals surface area (Å²) in [5, 5.41) is 5.24. The van der Waals surface area contributed by atoms with Crippen molar-refractivity contribution in [1.82, 2.24) is 5.32 Å². The van der Waals surface area contributed by atoms with Crippen LogP contribution in [0.3, 0.4) is 0 Å². The number of anilines is 1. The Balaban J connectivity index is 2.08. The summed E-state index contributed by atoms with van der Waals surface area (Å²) < 4.78 is 19.7. The topological polar surface area (TPSA) is 79.8 Å². The van der Waals surface area contributed by atoms with Gasteiger partial charge >= 0.3 is 6.09 Å². The molecule has 2 N–H and O–H groups in total. The average Bonchev–Trinajstić information content (AvgIpc) is 2.72. The molecular weight excluding hydrogens is 361 g/mol. The highest BCUT2D eigenvalue weighted by atomic mass is 19.1. The zero-order valence-electron chi connectivity index (χ0n) is 16.2. The van der Waals surface area contributed by atoms with Crippen LogP contribution in [0.25, 0.3) is 0 Å². The summed E-state index contributed by atoms with van der Waals surface area (Å²) in [6.07, 6.45) is -2.05. The number of hydrogen-bond donors (Lipinski definition) is 2. The third-order valence-electron chi connectivity index (χ3n) is 4.07. The van der Waals surface area contributed by atoms with Gasteiger partial charge in [0, 0.05) is 11.1 Å². The molecule has 0 radical (unpaired) electrons. The first-order valence-electron chi connectivity index (χ1n) is 8.89. The summed E-state index contributed by atoms with van der Waals surface area (Å²) in [6.45, 7) is 6.98. The van der Waals surface area contributed by atoms with Gasteiger partial charge in [0.2, 0.25) is 6.17 Å². The van der Waals surface area contributed by atoms with Gasteiger partial charge in [-0.1, -0.05) is 30.3 Å². The summed E-state index contributed by atoms with van der Waals surface area (Å²) >= 11 is 0.